The number of fused-ring (bicyclic) bond motifs is 2. The van der Waals surface area contributed by atoms with E-state index in [0.29, 0.717) is 29.0 Å². The predicted octanol–water partition coefficient (Wildman–Crippen LogP) is 6.11. The van der Waals surface area contributed by atoms with E-state index in [9.17, 15) is 9.18 Å². The van der Waals surface area contributed by atoms with Crippen molar-refractivity contribution in [3.05, 3.63) is 79.1 Å². The van der Waals surface area contributed by atoms with E-state index in [2.05, 4.69) is 30.5 Å². The second-order valence-electron chi connectivity index (χ2n) is 8.76. The highest BCUT2D eigenvalue weighted by atomic mass is 19.1. The van der Waals surface area contributed by atoms with Gasteiger partial charge in [0.05, 0.1) is 40.5 Å². The first-order valence-corrected chi connectivity index (χ1v) is 11.9. The molecule has 0 saturated carbocycles. The predicted molar refractivity (Wildman–Crippen MR) is 141 cm³/mol. The smallest absolute Gasteiger partial charge is 0.224 e. The molecule has 8 nitrogen and oxygen atoms in total. The van der Waals surface area contributed by atoms with E-state index in [1.54, 1.807) is 36.9 Å². The first kappa shape index (κ1) is 22.5. The van der Waals surface area contributed by atoms with Crippen molar-refractivity contribution < 1.29 is 9.18 Å². The van der Waals surface area contributed by atoms with Crippen molar-refractivity contribution in [1.29, 1.82) is 0 Å². The molecule has 0 atom stereocenters. The van der Waals surface area contributed by atoms with Crippen LogP contribution in [0.2, 0.25) is 0 Å². The van der Waals surface area contributed by atoms with Gasteiger partial charge in [0, 0.05) is 35.3 Å². The number of nitrogens with one attached hydrogen (secondary N) is 3. The number of pyridine rings is 3. The minimum absolute atomic E-state index is 0.0460. The summed E-state index contributed by atoms with van der Waals surface area (Å²) in [7, 11) is 0. The van der Waals surface area contributed by atoms with E-state index >= 15 is 0 Å². The van der Waals surface area contributed by atoms with E-state index in [1.165, 1.54) is 12.1 Å². The van der Waals surface area contributed by atoms with Crippen LogP contribution in [-0.2, 0) is 4.79 Å². The summed E-state index contributed by atoms with van der Waals surface area (Å²) in [6, 6.07) is 14.0. The third-order valence-corrected chi connectivity index (χ3v) is 6.16. The molecule has 0 aliphatic carbocycles. The SMILES string of the molecule is CCCC(=O)Nc1cncc(-c2ccc3[nH]nc(-c4cc5c(-c6ccc(F)cc6)cncc5[nH]4)c3n2)c1. The molecule has 5 aromatic heterocycles. The van der Waals surface area contributed by atoms with Crippen molar-refractivity contribution in [2.24, 2.45) is 0 Å². The van der Waals surface area contributed by atoms with Crippen LogP contribution in [0.25, 0.3) is 55.7 Å². The summed E-state index contributed by atoms with van der Waals surface area (Å²) in [6.07, 6.45) is 8.09. The molecule has 0 aliphatic heterocycles. The number of hydrogen-bond donors (Lipinski definition) is 3. The van der Waals surface area contributed by atoms with Crippen LogP contribution in [0.15, 0.2) is 73.3 Å². The highest BCUT2D eigenvalue weighted by Crippen LogP contribution is 2.33. The normalized spacial score (nSPS) is 11.3. The second-order valence-corrected chi connectivity index (χ2v) is 8.76. The van der Waals surface area contributed by atoms with Gasteiger partial charge < -0.3 is 10.3 Å². The molecule has 6 aromatic rings. The molecule has 0 fully saturated rings. The number of aromatic amines is 2. The van der Waals surface area contributed by atoms with E-state index in [1.807, 2.05) is 31.2 Å². The summed E-state index contributed by atoms with van der Waals surface area (Å²) >= 11 is 0. The average molecular weight is 492 g/mol. The van der Waals surface area contributed by atoms with Gasteiger partial charge in [-0.15, -0.1) is 0 Å². The summed E-state index contributed by atoms with van der Waals surface area (Å²) < 4.78 is 13.5. The van der Waals surface area contributed by atoms with Gasteiger partial charge >= 0.3 is 0 Å². The van der Waals surface area contributed by atoms with Gasteiger partial charge in [-0.05, 0) is 48.4 Å². The standard InChI is InChI=1S/C28H22FN7O/c1-2-3-26(37)32-19-10-17(12-30-13-19)22-8-9-23-27(34-22)28(36-35-23)24-11-20-21(14-31-15-25(20)33-24)16-4-6-18(29)7-5-16/h4-15,33H,2-3H2,1H3,(H,32,37)(H,35,36). The molecular formula is C28H22FN7O. The number of nitrogens with zero attached hydrogens (tertiary/aromatic N) is 4. The minimum Gasteiger partial charge on any atom is -0.352 e. The lowest BCUT2D eigenvalue weighted by Gasteiger charge is -2.06. The molecular weight excluding hydrogens is 469 g/mol. The maximum absolute atomic E-state index is 13.5. The summed E-state index contributed by atoms with van der Waals surface area (Å²) in [4.78, 5) is 28.9. The maximum Gasteiger partial charge on any atom is 0.224 e. The summed E-state index contributed by atoms with van der Waals surface area (Å²) in [5, 5.41) is 11.4. The van der Waals surface area contributed by atoms with E-state index < -0.39 is 0 Å². The van der Waals surface area contributed by atoms with Crippen LogP contribution in [-0.4, -0.2) is 36.0 Å². The van der Waals surface area contributed by atoms with E-state index in [4.69, 9.17) is 4.98 Å². The Morgan fingerprint density at radius 3 is 2.62 bits per heavy atom. The highest BCUT2D eigenvalue weighted by Gasteiger charge is 2.16. The fourth-order valence-electron chi connectivity index (χ4n) is 4.38. The Balaban J connectivity index is 1.40. The van der Waals surface area contributed by atoms with Gasteiger partial charge in [0.15, 0.2) is 0 Å². The summed E-state index contributed by atoms with van der Waals surface area (Å²) in [5.74, 6) is -0.331. The van der Waals surface area contributed by atoms with Crippen molar-refractivity contribution in [3.8, 4) is 33.8 Å². The number of benzene rings is 1. The quantitative estimate of drug-likeness (QED) is 0.260. The van der Waals surface area contributed by atoms with Crippen LogP contribution in [0.5, 0.6) is 0 Å². The first-order valence-electron chi connectivity index (χ1n) is 11.9. The van der Waals surface area contributed by atoms with Gasteiger partial charge in [0.2, 0.25) is 5.91 Å². The van der Waals surface area contributed by atoms with Crippen LogP contribution < -0.4 is 5.32 Å². The van der Waals surface area contributed by atoms with Gasteiger partial charge in [0.25, 0.3) is 0 Å². The largest absolute Gasteiger partial charge is 0.352 e. The number of hydrogen-bond acceptors (Lipinski definition) is 5. The number of aromatic nitrogens is 6. The van der Waals surface area contributed by atoms with E-state index in [0.717, 1.165) is 45.2 Å². The van der Waals surface area contributed by atoms with Crippen LogP contribution in [0.1, 0.15) is 19.8 Å². The molecule has 1 aromatic carbocycles. The topological polar surface area (TPSA) is 112 Å². The Morgan fingerprint density at radius 2 is 1.78 bits per heavy atom. The summed E-state index contributed by atoms with van der Waals surface area (Å²) in [6.45, 7) is 1.96. The molecule has 0 aliphatic rings. The van der Waals surface area contributed by atoms with Gasteiger partial charge in [-0.1, -0.05) is 19.1 Å². The second kappa shape index (κ2) is 9.27. The Kier molecular flexibility index (Phi) is 5.65. The molecule has 1 amide bonds. The van der Waals surface area contributed by atoms with Crippen molar-refractivity contribution in [2.45, 2.75) is 19.8 Å². The molecule has 0 radical (unpaired) electrons. The van der Waals surface area contributed by atoms with Crippen molar-refractivity contribution >= 4 is 33.5 Å². The number of carbonyl (C=O) groups excluding carboxylic acids is 1. The molecule has 37 heavy (non-hydrogen) atoms. The zero-order chi connectivity index (χ0) is 25.4. The zero-order valence-corrected chi connectivity index (χ0v) is 19.9. The van der Waals surface area contributed by atoms with Gasteiger partial charge in [-0.25, -0.2) is 9.37 Å². The zero-order valence-electron chi connectivity index (χ0n) is 19.9. The maximum atomic E-state index is 13.5. The molecule has 6 rings (SSSR count). The van der Waals surface area contributed by atoms with E-state index in [-0.39, 0.29) is 11.7 Å². The fourth-order valence-corrected chi connectivity index (χ4v) is 4.38. The molecule has 5 heterocycles. The van der Waals surface area contributed by atoms with Gasteiger partial charge in [0.1, 0.15) is 17.0 Å². The minimum atomic E-state index is -0.285. The lowest BCUT2D eigenvalue weighted by molar-refractivity contribution is -0.116. The van der Waals surface area contributed by atoms with Crippen molar-refractivity contribution in [3.63, 3.8) is 0 Å². The molecule has 0 bridgehead atoms. The molecule has 182 valence electrons. The Labute approximate surface area is 211 Å². The lowest BCUT2D eigenvalue weighted by Crippen LogP contribution is -2.10. The van der Waals surface area contributed by atoms with Gasteiger partial charge in [-0.3, -0.25) is 19.9 Å². The van der Waals surface area contributed by atoms with Crippen molar-refractivity contribution in [2.75, 3.05) is 5.32 Å². The average Bonchev–Trinajstić information content (AvgIpc) is 3.53. The van der Waals surface area contributed by atoms with Gasteiger partial charge in [-0.2, -0.15) is 5.10 Å². The molecule has 0 saturated heterocycles. The third kappa shape index (κ3) is 4.31. The Morgan fingerprint density at radius 1 is 0.946 bits per heavy atom. The highest BCUT2D eigenvalue weighted by molar-refractivity contribution is 6.00. The van der Waals surface area contributed by atoms with Crippen LogP contribution in [0.3, 0.4) is 0 Å². The Bertz CT molecular complexity index is 1750. The Hall–Kier alpha value is -4.92. The first-order chi connectivity index (χ1) is 18.1. The monoisotopic (exact) mass is 491 g/mol. The molecule has 3 N–H and O–H groups in total. The number of halogens is 1. The molecule has 9 heteroatoms. The number of rotatable bonds is 6. The van der Waals surface area contributed by atoms with Crippen LogP contribution in [0, 0.1) is 5.82 Å². The summed E-state index contributed by atoms with van der Waals surface area (Å²) in [5.41, 5.74) is 7.64. The lowest BCUT2D eigenvalue weighted by atomic mass is 10.0. The van der Waals surface area contributed by atoms with Crippen molar-refractivity contribution in [1.82, 2.24) is 30.1 Å². The van der Waals surface area contributed by atoms with Crippen LogP contribution >= 0.6 is 0 Å². The third-order valence-electron chi connectivity index (χ3n) is 6.16. The molecule has 0 spiro atoms. The number of H-pyrrole nitrogens is 2. The molecule has 0 unspecified atom stereocenters. The number of carbonyl (C=O) groups is 1. The number of anilines is 1. The fraction of sp³-hybridized carbons (Fsp3) is 0.107. The number of amides is 1. The van der Waals surface area contributed by atoms with Crippen LogP contribution in [0.4, 0.5) is 10.1 Å².